The highest BCUT2D eigenvalue weighted by Gasteiger charge is 2.55. The van der Waals surface area contributed by atoms with Gasteiger partial charge in [-0.15, -0.1) is 0 Å². The van der Waals surface area contributed by atoms with E-state index in [1.807, 2.05) is 30.3 Å². The van der Waals surface area contributed by atoms with Gasteiger partial charge in [0.1, 0.15) is 0 Å². The first-order valence-corrected chi connectivity index (χ1v) is 12.7. The van der Waals surface area contributed by atoms with Crippen LogP contribution >= 0.6 is 0 Å². The molecule has 4 atom stereocenters. The molecule has 0 unspecified atom stereocenters. The van der Waals surface area contributed by atoms with Crippen LogP contribution in [0, 0.1) is 11.8 Å². The van der Waals surface area contributed by atoms with Crippen molar-refractivity contribution in [2.24, 2.45) is 11.8 Å². The second-order valence-corrected chi connectivity index (χ2v) is 11.1. The van der Waals surface area contributed by atoms with Crippen LogP contribution in [0.3, 0.4) is 0 Å². The molecule has 6 heteroatoms. The Morgan fingerprint density at radius 3 is 2.67 bits per heavy atom. The van der Waals surface area contributed by atoms with Gasteiger partial charge in [-0.25, -0.2) is 13.1 Å². The Bertz CT molecular complexity index is 1080. The van der Waals surface area contributed by atoms with Gasteiger partial charge in [-0.3, -0.25) is 4.79 Å². The lowest BCUT2D eigenvalue weighted by atomic mass is 9.63. The summed E-state index contributed by atoms with van der Waals surface area (Å²) in [4.78, 5) is 15.2. The summed E-state index contributed by atoms with van der Waals surface area (Å²) in [5, 5.41) is 1.97. The molecule has 0 radical (unpaired) electrons. The van der Waals surface area contributed by atoms with Gasteiger partial charge in [0.25, 0.3) is 0 Å². The zero-order valence-electron chi connectivity index (χ0n) is 17.5. The molecule has 1 amide bonds. The van der Waals surface area contributed by atoms with Crippen molar-refractivity contribution >= 4 is 26.7 Å². The van der Waals surface area contributed by atoms with Gasteiger partial charge >= 0.3 is 0 Å². The van der Waals surface area contributed by atoms with Crippen LogP contribution < -0.4 is 4.72 Å². The highest BCUT2D eigenvalue weighted by molar-refractivity contribution is 7.89. The van der Waals surface area contributed by atoms with Gasteiger partial charge in [-0.2, -0.15) is 0 Å². The predicted octanol–water partition coefficient (Wildman–Crippen LogP) is 4.08. The zero-order valence-corrected chi connectivity index (χ0v) is 18.3. The Morgan fingerprint density at radius 2 is 1.83 bits per heavy atom. The van der Waals surface area contributed by atoms with E-state index in [4.69, 9.17) is 0 Å². The first kappa shape index (κ1) is 20.0. The van der Waals surface area contributed by atoms with Gasteiger partial charge in [0.15, 0.2) is 0 Å². The number of nitrogens with zero attached hydrogens (tertiary/aromatic N) is 1. The van der Waals surface area contributed by atoms with Crippen molar-refractivity contribution in [3.8, 4) is 0 Å². The Hall–Kier alpha value is -1.92. The minimum absolute atomic E-state index is 0.0438. The minimum atomic E-state index is -3.60. The SMILES string of the molecule is C[C@H]1[C@@H](NS(=O)(=O)c2ccc3ccccc3c2)CC[C@@]23CCCN2C(=O)CCC[C@@H]13. The van der Waals surface area contributed by atoms with E-state index >= 15 is 0 Å². The van der Waals surface area contributed by atoms with Crippen LogP contribution in [0.5, 0.6) is 0 Å². The van der Waals surface area contributed by atoms with Gasteiger partial charge in [-0.05, 0) is 73.3 Å². The fourth-order valence-corrected chi connectivity index (χ4v) is 7.85. The summed E-state index contributed by atoms with van der Waals surface area (Å²) in [7, 11) is -3.60. The second-order valence-electron chi connectivity index (χ2n) is 9.39. The summed E-state index contributed by atoms with van der Waals surface area (Å²) >= 11 is 0. The van der Waals surface area contributed by atoms with Crippen LogP contribution in [0.1, 0.15) is 51.9 Å². The fourth-order valence-electron chi connectivity index (χ4n) is 6.45. The molecular formula is C24H30N2O3S. The number of nitrogens with one attached hydrogen (secondary N) is 1. The number of fused-ring (bicyclic) bond motifs is 1. The van der Waals surface area contributed by atoms with Crippen molar-refractivity contribution in [1.29, 1.82) is 0 Å². The topological polar surface area (TPSA) is 66.5 Å². The Balaban J connectivity index is 1.41. The van der Waals surface area contributed by atoms with Crippen LogP contribution in [0.25, 0.3) is 10.8 Å². The molecule has 0 aromatic heterocycles. The standard InChI is InChI=1S/C24H30N2O3S/c1-17-21-8-4-9-23(27)26-15-5-13-24(21,26)14-12-22(17)25-30(28,29)20-11-10-18-6-2-3-7-19(18)16-20/h2-3,6-7,10-11,16-17,21-22,25H,4-5,8-9,12-15H2,1H3/t17-,21+,22+,24-/m1/s1. The number of carbonyl (C=O) groups is 1. The molecule has 3 fully saturated rings. The summed E-state index contributed by atoms with van der Waals surface area (Å²) in [6, 6.07) is 13.1. The van der Waals surface area contributed by atoms with Crippen molar-refractivity contribution in [2.75, 3.05) is 6.54 Å². The van der Waals surface area contributed by atoms with E-state index in [0.717, 1.165) is 55.8 Å². The summed E-state index contributed by atoms with van der Waals surface area (Å²) in [5.74, 6) is 0.877. The van der Waals surface area contributed by atoms with Gasteiger partial charge in [0.05, 0.1) is 4.90 Å². The van der Waals surface area contributed by atoms with E-state index in [9.17, 15) is 13.2 Å². The number of rotatable bonds is 3. The Labute approximate surface area is 178 Å². The third kappa shape index (κ3) is 3.16. The normalized spacial score (nSPS) is 32.0. The van der Waals surface area contributed by atoms with Gasteiger partial charge in [0, 0.05) is 24.5 Å². The number of benzene rings is 2. The van der Waals surface area contributed by atoms with Gasteiger partial charge in [-0.1, -0.05) is 37.3 Å². The predicted molar refractivity (Wildman–Crippen MR) is 117 cm³/mol. The molecule has 30 heavy (non-hydrogen) atoms. The molecule has 160 valence electrons. The average molecular weight is 427 g/mol. The van der Waals surface area contributed by atoms with Crippen LogP contribution in [0.15, 0.2) is 47.4 Å². The van der Waals surface area contributed by atoms with Crippen LogP contribution in [-0.2, 0) is 14.8 Å². The monoisotopic (exact) mass is 426 g/mol. The molecule has 5 rings (SSSR count). The van der Waals surface area contributed by atoms with Gasteiger partial charge < -0.3 is 4.90 Å². The van der Waals surface area contributed by atoms with Crippen molar-refractivity contribution in [1.82, 2.24) is 9.62 Å². The highest BCUT2D eigenvalue weighted by atomic mass is 32.2. The first-order valence-electron chi connectivity index (χ1n) is 11.2. The number of hydrogen-bond acceptors (Lipinski definition) is 3. The lowest BCUT2D eigenvalue weighted by Crippen LogP contribution is -2.59. The maximum absolute atomic E-state index is 13.2. The third-order valence-electron chi connectivity index (χ3n) is 7.92. The highest BCUT2D eigenvalue weighted by Crippen LogP contribution is 2.51. The van der Waals surface area contributed by atoms with Crippen LogP contribution in [0.4, 0.5) is 0 Å². The maximum Gasteiger partial charge on any atom is 0.240 e. The fraction of sp³-hybridized carbons (Fsp3) is 0.542. The number of carbonyl (C=O) groups excluding carboxylic acids is 1. The Kier molecular flexibility index (Phi) is 4.90. The van der Waals surface area contributed by atoms with E-state index in [-0.39, 0.29) is 17.5 Å². The zero-order chi connectivity index (χ0) is 20.9. The van der Waals surface area contributed by atoms with E-state index in [1.165, 1.54) is 0 Å². The number of amides is 1. The number of hydrogen-bond donors (Lipinski definition) is 1. The van der Waals surface area contributed by atoms with E-state index < -0.39 is 10.0 Å². The number of sulfonamides is 1. The molecule has 2 aromatic carbocycles. The molecule has 2 saturated heterocycles. The van der Waals surface area contributed by atoms with E-state index in [0.29, 0.717) is 23.1 Å². The molecule has 2 aromatic rings. The average Bonchev–Trinajstić information content (AvgIpc) is 3.11. The molecule has 0 bridgehead atoms. The van der Waals surface area contributed by atoms with Crippen LogP contribution in [0.2, 0.25) is 0 Å². The lowest BCUT2D eigenvalue weighted by Gasteiger charge is -2.52. The summed E-state index contributed by atoms with van der Waals surface area (Å²) in [6.45, 7) is 3.06. The Morgan fingerprint density at radius 1 is 1.03 bits per heavy atom. The lowest BCUT2D eigenvalue weighted by molar-refractivity contribution is -0.138. The first-order chi connectivity index (χ1) is 14.4. The summed E-state index contributed by atoms with van der Waals surface area (Å²) in [6.07, 6.45) is 6.39. The van der Waals surface area contributed by atoms with Crippen molar-refractivity contribution in [3.63, 3.8) is 0 Å². The molecule has 2 aliphatic heterocycles. The van der Waals surface area contributed by atoms with Crippen LogP contribution in [-0.4, -0.2) is 37.4 Å². The molecule has 1 saturated carbocycles. The molecule has 1 aliphatic carbocycles. The molecule has 1 spiro atoms. The van der Waals surface area contributed by atoms with Crippen molar-refractivity contribution in [2.45, 2.75) is 68.3 Å². The largest absolute Gasteiger partial charge is 0.337 e. The second kappa shape index (κ2) is 7.34. The van der Waals surface area contributed by atoms with E-state index in [1.54, 1.807) is 12.1 Å². The molecular weight excluding hydrogens is 396 g/mol. The van der Waals surface area contributed by atoms with Gasteiger partial charge in [0.2, 0.25) is 15.9 Å². The third-order valence-corrected chi connectivity index (χ3v) is 9.41. The quantitative estimate of drug-likeness (QED) is 0.804. The molecule has 2 heterocycles. The van der Waals surface area contributed by atoms with Crippen molar-refractivity contribution in [3.05, 3.63) is 42.5 Å². The van der Waals surface area contributed by atoms with E-state index in [2.05, 4.69) is 16.5 Å². The minimum Gasteiger partial charge on any atom is -0.337 e. The smallest absolute Gasteiger partial charge is 0.240 e. The molecule has 3 aliphatic rings. The maximum atomic E-state index is 13.2. The summed E-state index contributed by atoms with van der Waals surface area (Å²) in [5.41, 5.74) is -0.0438. The molecule has 5 nitrogen and oxygen atoms in total. The van der Waals surface area contributed by atoms with Crippen molar-refractivity contribution < 1.29 is 13.2 Å². The molecule has 1 N–H and O–H groups in total. The summed E-state index contributed by atoms with van der Waals surface area (Å²) < 4.78 is 29.5.